The first kappa shape index (κ1) is 15.0. The third-order valence-corrected chi connectivity index (χ3v) is 2.94. The number of rotatable bonds is 6. The fourth-order valence-electron chi connectivity index (χ4n) is 1.64. The highest BCUT2D eigenvalue weighted by atomic mass is 16.5. The molecule has 0 fully saturated rings. The maximum absolute atomic E-state index is 9.30. The monoisotopic (exact) mass is 252 g/mol. The van der Waals surface area contributed by atoms with Gasteiger partial charge in [0.15, 0.2) is 0 Å². The van der Waals surface area contributed by atoms with Crippen molar-refractivity contribution in [2.45, 2.75) is 45.6 Å². The number of aliphatic hydroxyl groups is 2. The van der Waals surface area contributed by atoms with Crippen molar-refractivity contribution in [1.29, 1.82) is 0 Å². The normalized spacial score (nSPS) is 13.1. The summed E-state index contributed by atoms with van der Waals surface area (Å²) in [5.74, 6) is 1.64. The Morgan fingerprint density at radius 3 is 1.89 bits per heavy atom. The predicted molar refractivity (Wildman–Crippen MR) is 73.2 cm³/mol. The lowest BCUT2D eigenvalue weighted by Gasteiger charge is -2.16. The molecule has 0 spiro atoms. The van der Waals surface area contributed by atoms with Gasteiger partial charge in [0.05, 0.1) is 6.61 Å². The smallest absolute Gasteiger partial charge is 0.120 e. The molecule has 18 heavy (non-hydrogen) atoms. The van der Waals surface area contributed by atoms with Gasteiger partial charge in [-0.25, -0.2) is 0 Å². The summed E-state index contributed by atoms with van der Waals surface area (Å²) in [6.07, 6.45) is -0.824. The van der Waals surface area contributed by atoms with Gasteiger partial charge in [0.25, 0.3) is 0 Å². The van der Waals surface area contributed by atoms with Gasteiger partial charge in [0.1, 0.15) is 18.5 Å². The Balaban J connectivity index is 2.89. The second-order valence-electron chi connectivity index (χ2n) is 5.29. The van der Waals surface area contributed by atoms with Gasteiger partial charge < -0.3 is 14.9 Å². The minimum Gasteiger partial charge on any atom is -0.491 e. The summed E-state index contributed by atoms with van der Waals surface area (Å²) in [4.78, 5) is 0. The zero-order chi connectivity index (χ0) is 13.7. The molecule has 0 unspecified atom stereocenters. The van der Waals surface area contributed by atoms with Crippen molar-refractivity contribution in [2.75, 3.05) is 13.2 Å². The van der Waals surface area contributed by atoms with Crippen LogP contribution in [-0.4, -0.2) is 29.5 Å². The summed E-state index contributed by atoms with van der Waals surface area (Å²) in [5.41, 5.74) is 2.46. The van der Waals surface area contributed by atoms with Crippen molar-refractivity contribution >= 4 is 0 Å². The topological polar surface area (TPSA) is 49.7 Å². The van der Waals surface area contributed by atoms with E-state index in [0.29, 0.717) is 11.8 Å². The lowest BCUT2D eigenvalue weighted by atomic mass is 9.95. The van der Waals surface area contributed by atoms with Gasteiger partial charge in [-0.1, -0.05) is 33.8 Å². The molecular formula is C15H24O3. The molecule has 2 N–H and O–H groups in total. The summed E-state index contributed by atoms with van der Waals surface area (Å²) in [5, 5.41) is 18.1. The van der Waals surface area contributed by atoms with Crippen LogP contribution in [0.1, 0.15) is 50.7 Å². The van der Waals surface area contributed by atoms with Gasteiger partial charge in [0, 0.05) is 0 Å². The molecule has 1 aromatic carbocycles. The minimum atomic E-state index is -0.824. The first-order valence-electron chi connectivity index (χ1n) is 6.50. The van der Waals surface area contributed by atoms with E-state index in [1.165, 1.54) is 11.1 Å². The Morgan fingerprint density at radius 1 is 1.00 bits per heavy atom. The third-order valence-electron chi connectivity index (χ3n) is 2.94. The van der Waals surface area contributed by atoms with E-state index in [1.807, 2.05) is 12.1 Å². The SMILES string of the molecule is CC(C)c1cc(OC[C@@H](O)CO)cc(C(C)C)c1. The molecule has 0 aromatic heterocycles. The van der Waals surface area contributed by atoms with E-state index in [2.05, 4.69) is 33.8 Å². The van der Waals surface area contributed by atoms with Crippen molar-refractivity contribution in [3.63, 3.8) is 0 Å². The van der Waals surface area contributed by atoms with E-state index in [4.69, 9.17) is 9.84 Å². The molecule has 1 aromatic rings. The second kappa shape index (κ2) is 6.76. The molecule has 0 aliphatic heterocycles. The first-order valence-corrected chi connectivity index (χ1v) is 6.50. The highest BCUT2D eigenvalue weighted by Crippen LogP contribution is 2.27. The lowest BCUT2D eigenvalue weighted by molar-refractivity contribution is 0.0535. The summed E-state index contributed by atoms with van der Waals surface area (Å²) >= 11 is 0. The molecule has 0 saturated heterocycles. The van der Waals surface area contributed by atoms with Crippen molar-refractivity contribution < 1.29 is 14.9 Å². The molecule has 0 heterocycles. The standard InChI is InChI=1S/C15H24O3/c1-10(2)12-5-13(11(3)4)7-15(6-12)18-9-14(17)8-16/h5-7,10-11,14,16-17H,8-9H2,1-4H3/t14-/m0/s1. The molecule has 1 atom stereocenters. The molecular weight excluding hydrogens is 228 g/mol. The fourth-order valence-corrected chi connectivity index (χ4v) is 1.64. The Labute approximate surface area is 109 Å². The second-order valence-corrected chi connectivity index (χ2v) is 5.29. The zero-order valence-corrected chi connectivity index (χ0v) is 11.7. The molecule has 0 aliphatic carbocycles. The summed E-state index contributed by atoms with van der Waals surface area (Å²) < 4.78 is 5.53. The Bertz CT molecular complexity index is 346. The van der Waals surface area contributed by atoms with Gasteiger partial charge in [-0.2, -0.15) is 0 Å². The maximum atomic E-state index is 9.30. The van der Waals surface area contributed by atoms with Crippen LogP contribution >= 0.6 is 0 Å². The molecule has 1 rings (SSSR count). The molecule has 0 aliphatic rings. The molecule has 3 heteroatoms. The lowest BCUT2D eigenvalue weighted by Crippen LogP contribution is -2.21. The highest BCUT2D eigenvalue weighted by Gasteiger charge is 2.09. The van der Waals surface area contributed by atoms with Crippen LogP contribution in [0.2, 0.25) is 0 Å². The van der Waals surface area contributed by atoms with E-state index in [0.717, 1.165) is 5.75 Å². The molecule has 102 valence electrons. The largest absolute Gasteiger partial charge is 0.491 e. The van der Waals surface area contributed by atoms with Crippen LogP contribution in [0.25, 0.3) is 0 Å². The number of ether oxygens (including phenoxy) is 1. The van der Waals surface area contributed by atoms with Crippen LogP contribution in [0.3, 0.4) is 0 Å². The summed E-state index contributed by atoms with van der Waals surface area (Å²) in [6, 6.07) is 6.20. The quantitative estimate of drug-likeness (QED) is 0.818. The predicted octanol–water partition coefficient (Wildman–Crippen LogP) is 2.67. The Morgan fingerprint density at radius 2 is 1.50 bits per heavy atom. The van der Waals surface area contributed by atoms with Crippen LogP contribution in [-0.2, 0) is 0 Å². The van der Waals surface area contributed by atoms with Crippen molar-refractivity contribution in [3.05, 3.63) is 29.3 Å². The van der Waals surface area contributed by atoms with Crippen LogP contribution < -0.4 is 4.74 Å². The minimum absolute atomic E-state index is 0.121. The van der Waals surface area contributed by atoms with Gasteiger partial charge >= 0.3 is 0 Å². The molecule has 0 saturated carbocycles. The van der Waals surface area contributed by atoms with Crippen LogP contribution in [0, 0.1) is 0 Å². The van der Waals surface area contributed by atoms with E-state index >= 15 is 0 Å². The average molecular weight is 252 g/mol. The Hall–Kier alpha value is -1.06. The third kappa shape index (κ3) is 4.31. The van der Waals surface area contributed by atoms with Crippen LogP contribution in [0.15, 0.2) is 18.2 Å². The first-order chi connectivity index (χ1) is 8.43. The summed E-state index contributed by atoms with van der Waals surface area (Å²) in [7, 11) is 0. The van der Waals surface area contributed by atoms with E-state index in [1.54, 1.807) is 0 Å². The fraction of sp³-hybridized carbons (Fsp3) is 0.600. The van der Waals surface area contributed by atoms with Crippen molar-refractivity contribution in [3.8, 4) is 5.75 Å². The molecule has 0 amide bonds. The number of hydrogen-bond donors (Lipinski definition) is 2. The molecule has 0 radical (unpaired) electrons. The molecule has 0 bridgehead atoms. The highest BCUT2D eigenvalue weighted by molar-refractivity contribution is 5.37. The number of hydrogen-bond acceptors (Lipinski definition) is 3. The van der Waals surface area contributed by atoms with Gasteiger partial charge in [0.2, 0.25) is 0 Å². The van der Waals surface area contributed by atoms with E-state index in [9.17, 15) is 5.11 Å². The van der Waals surface area contributed by atoms with E-state index in [-0.39, 0.29) is 13.2 Å². The van der Waals surface area contributed by atoms with E-state index < -0.39 is 6.10 Å². The number of benzene rings is 1. The Kier molecular flexibility index (Phi) is 5.63. The zero-order valence-electron chi connectivity index (χ0n) is 11.7. The average Bonchev–Trinajstić information content (AvgIpc) is 2.35. The number of aliphatic hydroxyl groups excluding tert-OH is 2. The van der Waals surface area contributed by atoms with Crippen LogP contribution in [0.4, 0.5) is 0 Å². The van der Waals surface area contributed by atoms with Crippen molar-refractivity contribution in [1.82, 2.24) is 0 Å². The van der Waals surface area contributed by atoms with Gasteiger partial charge in [-0.05, 0) is 35.1 Å². The van der Waals surface area contributed by atoms with Gasteiger partial charge in [-0.15, -0.1) is 0 Å². The van der Waals surface area contributed by atoms with Gasteiger partial charge in [-0.3, -0.25) is 0 Å². The molecule has 3 nitrogen and oxygen atoms in total. The summed E-state index contributed by atoms with van der Waals surface area (Å²) in [6.45, 7) is 8.42. The maximum Gasteiger partial charge on any atom is 0.120 e. The van der Waals surface area contributed by atoms with Crippen LogP contribution in [0.5, 0.6) is 5.75 Å². The van der Waals surface area contributed by atoms with Crippen molar-refractivity contribution in [2.24, 2.45) is 0 Å².